The Morgan fingerprint density at radius 3 is 2.69 bits per heavy atom. The van der Waals surface area contributed by atoms with Gasteiger partial charge in [0.1, 0.15) is 18.1 Å². The maximum Gasteiger partial charge on any atom is 0.325 e. The molecule has 152 valence electrons. The molecule has 2 heterocycles. The van der Waals surface area contributed by atoms with E-state index in [9.17, 15) is 4.79 Å². The number of carbonyl (C=O) groups is 1. The lowest BCUT2D eigenvalue weighted by Crippen LogP contribution is -2.20. The molecule has 0 aliphatic carbocycles. The molecule has 0 aliphatic rings. The number of nitrogens with zero attached hydrogens (tertiary/aromatic N) is 2. The van der Waals surface area contributed by atoms with Crippen molar-refractivity contribution >= 4 is 28.2 Å². The molecule has 2 amide bonds. The lowest BCUT2D eigenvalue weighted by atomic mass is 10.2. The summed E-state index contributed by atoms with van der Waals surface area (Å²) >= 11 is 1.36. The zero-order chi connectivity index (χ0) is 20.6. The smallest absolute Gasteiger partial charge is 0.325 e. The van der Waals surface area contributed by atoms with Crippen LogP contribution in [0.4, 0.5) is 15.6 Å². The minimum absolute atomic E-state index is 0.371. The lowest BCUT2D eigenvalue weighted by Gasteiger charge is -2.14. The summed E-state index contributed by atoms with van der Waals surface area (Å²) in [5.41, 5.74) is 1.68. The van der Waals surface area contributed by atoms with Gasteiger partial charge >= 0.3 is 6.03 Å². The molecule has 29 heavy (non-hydrogen) atoms. The van der Waals surface area contributed by atoms with Gasteiger partial charge in [0.2, 0.25) is 0 Å². The summed E-state index contributed by atoms with van der Waals surface area (Å²) in [5.74, 6) is 1.77. The van der Waals surface area contributed by atoms with E-state index in [-0.39, 0.29) is 6.03 Å². The molecule has 3 aromatic rings. The Morgan fingerprint density at radius 2 is 1.93 bits per heavy atom. The maximum absolute atomic E-state index is 12.4. The first-order chi connectivity index (χ1) is 14.0. The highest BCUT2D eigenvalue weighted by atomic mass is 32.1. The first-order valence-corrected chi connectivity index (χ1v) is 10.1. The van der Waals surface area contributed by atoms with Gasteiger partial charge in [-0.05, 0) is 42.7 Å². The van der Waals surface area contributed by atoms with Crippen LogP contribution in [0.3, 0.4) is 0 Å². The van der Waals surface area contributed by atoms with E-state index in [4.69, 9.17) is 9.47 Å². The van der Waals surface area contributed by atoms with Crippen molar-refractivity contribution in [3.8, 4) is 11.5 Å². The normalized spacial score (nSPS) is 10.6. The Kier molecular flexibility index (Phi) is 7.02. The molecule has 0 fully saturated rings. The van der Waals surface area contributed by atoms with E-state index in [0.29, 0.717) is 35.7 Å². The average Bonchev–Trinajstić information content (AvgIpc) is 3.14. The molecule has 0 unspecified atom stereocenters. The number of ether oxygens (including phenoxy) is 2. The lowest BCUT2D eigenvalue weighted by molar-refractivity contribution is 0.260. The Hall–Kier alpha value is -3.13. The number of thiazole rings is 1. The van der Waals surface area contributed by atoms with Crippen molar-refractivity contribution in [2.45, 2.75) is 27.4 Å². The zero-order valence-corrected chi connectivity index (χ0v) is 17.5. The monoisotopic (exact) mass is 412 g/mol. The van der Waals surface area contributed by atoms with Gasteiger partial charge < -0.3 is 14.8 Å². The number of urea groups is 1. The fourth-order valence-corrected chi connectivity index (χ4v) is 3.10. The number of anilines is 2. The Labute approximate surface area is 174 Å². The summed E-state index contributed by atoms with van der Waals surface area (Å²) in [4.78, 5) is 21.5. The van der Waals surface area contributed by atoms with Crippen LogP contribution in [0.2, 0.25) is 0 Å². The second kappa shape index (κ2) is 9.88. The van der Waals surface area contributed by atoms with Gasteiger partial charge in [-0.15, -0.1) is 0 Å². The molecule has 3 rings (SSSR count). The van der Waals surface area contributed by atoms with Gasteiger partial charge in [0.25, 0.3) is 0 Å². The minimum Gasteiger partial charge on any atom is -0.491 e. The molecule has 0 atom stereocenters. The topological polar surface area (TPSA) is 85.4 Å². The number of benzene rings is 1. The second-order valence-corrected chi connectivity index (χ2v) is 8.00. The number of pyridine rings is 1. The third-order valence-electron chi connectivity index (χ3n) is 3.76. The highest BCUT2D eigenvalue weighted by molar-refractivity contribution is 7.15. The van der Waals surface area contributed by atoms with Gasteiger partial charge in [-0.3, -0.25) is 10.3 Å². The fraction of sp³-hybridized carbons (Fsp3) is 0.286. The highest BCUT2D eigenvalue weighted by Crippen LogP contribution is 2.27. The van der Waals surface area contributed by atoms with E-state index in [2.05, 4.69) is 34.4 Å². The van der Waals surface area contributed by atoms with E-state index in [1.807, 2.05) is 25.1 Å². The Balaban J connectivity index is 1.56. The van der Waals surface area contributed by atoms with Crippen LogP contribution in [0.1, 0.15) is 24.3 Å². The fourth-order valence-electron chi connectivity index (χ4n) is 2.38. The number of amides is 2. The number of aromatic nitrogens is 2. The van der Waals surface area contributed by atoms with Crippen molar-refractivity contribution in [3.63, 3.8) is 0 Å². The van der Waals surface area contributed by atoms with Crippen LogP contribution in [0.15, 0.2) is 48.9 Å². The van der Waals surface area contributed by atoms with Crippen LogP contribution in [0.25, 0.3) is 0 Å². The molecular formula is C21H24N4O3S. The van der Waals surface area contributed by atoms with Gasteiger partial charge in [0.15, 0.2) is 5.13 Å². The summed E-state index contributed by atoms with van der Waals surface area (Å²) in [6.07, 6.45) is 5.03. The summed E-state index contributed by atoms with van der Waals surface area (Å²) in [6.45, 7) is 7.09. The Morgan fingerprint density at radius 1 is 1.14 bits per heavy atom. The van der Waals surface area contributed by atoms with Crippen LogP contribution < -0.4 is 20.1 Å². The first-order valence-electron chi connectivity index (χ1n) is 9.28. The number of hydrogen-bond acceptors (Lipinski definition) is 6. The largest absolute Gasteiger partial charge is 0.491 e. The standard InChI is InChI=1S/C21H24N4O3S/c1-14(2)12-28-19-10-15(3)4-5-18(19)24-20(26)25-21-23-11-17(29-21)13-27-16-6-8-22-9-7-16/h4-11,14H,12-13H2,1-3H3,(H2,23,24,25,26). The summed E-state index contributed by atoms with van der Waals surface area (Å²) in [7, 11) is 0. The van der Waals surface area contributed by atoms with Gasteiger partial charge in [-0.1, -0.05) is 31.3 Å². The number of hydrogen-bond donors (Lipinski definition) is 2. The molecule has 7 nitrogen and oxygen atoms in total. The Bertz CT molecular complexity index is 944. The van der Waals surface area contributed by atoms with Crippen molar-refractivity contribution in [1.82, 2.24) is 9.97 Å². The number of carbonyl (C=O) groups excluding carboxylic acids is 1. The van der Waals surface area contributed by atoms with Gasteiger partial charge in [-0.2, -0.15) is 0 Å². The molecule has 0 saturated heterocycles. The van der Waals surface area contributed by atoms with Gasteiger partial charge in [0, 0.05) is 18.6 Å². The van der Waals surface area contributed by atoms with Crippen molar-refractivity contribution < 1.29 is 14.3 Å². The predicted octanol–water partition coefficient (Wildman–Crippen LogP) is 5.10. The predicted molar refractivity (Wildman–Crippen MR) is 115 cm³/mol. The third kappa shape index (κ3) is 6.46. The maximum atomic E-state index is 12.4. The first kappa shape index (κ1) is 20.6. The quantitative estimate of drug-likeness (QED) is 0.537. The van der Waals surface area contributed by atoms with Crippen molar-refractivity contribution in [2.75, 3.05) is 17.2 Å². The average molecular weight is 413 g/mol. The second-order valence-electron chi connectivity index (χ2n) is 6.89. The van der Waals surface area contributed by atoms with Crippen molar-refractivity contribution in [1.29, 1.82) is 0 Å². The van der Waals surface area contributed by atoms with Crippen LogP contribution in [-0.2, 0) is 6.61 Å². The molecular weight excluding hydrogens is 388 g/mol. The van der Waals surface area contributed by atoms with E-state index in [0.717, 1.165) is 16.2 Å². The zero-order valence-electron chi connectivity index (χ0n) is 16.6. The molecule has 0 radical (unpaired) electrons. The molecule has 8 heteroatoms. The molecule has 0 aliphatic heterocycles. The molecule has 0 spiro atoms. The minimum atomic E-state index is -0.376. The molecule has 0 saturated carbocycles. The van der Waals surface area contributed by atoms with Gasteiger partial charge in [-0.25, -0.2) is 9.78 Å². The molecule has 0 bridgehead atoms. The van der Waals surface area contributed by atoms with Crippen molar-refractivity contribution in [2.24, 2.45) is 5.92 Å². The van der Waals surface area contributed by atoms with Crippen LogP contribution in [0, 0.1) is 12.8 Å². The number of rotatable bonds is 8. The van der Waals surface area contributed by atoms with Gasteiger partial charge in [0.05, 0.1) is 17.2 Å². The SMILES string of the molecule is Cc1ccc(NC(=O)Nc2ncc(COc3ccncc3)s2)c(OCC(C)C)c1. The van der Waals surface area contributed by atoms with E-state index >= 15 is 0 Å². The summed E-state index contributed by atoms with van der Waals surface area (Å²) < 4.78 is 11.5. The molecule has 1 aromatic carbocycles. The summed E-state index contributed by atoms with van der Waals surface area (Å²) in [6, 6.07) is 8.87. The third-order valence-corrected chi connectivity index (χ3v) is 4.65. The van der Waals surface area contributed by atoms with E-state index < -0.39 is 0 Å². The van der Waals surface area contributed by atoms with E-state index in [1.165, 1.54) is 11.3 Å². The molecule has 2 aromatic heterocycles. The number of nitrogens with one attached hydrogen (secondary N) is 2. The number of aryl methyl sites for hydroxylation is 1. The van der Waals surface area contributed by atoms with E-state index in [1.54, 1.807) is 30.7 Å². The van der Waals surface area contributed by atoms with Crippen LogP contribution in [0.5, 0.6) is 11.5 Å². The van der Waals surface area contributed by atoms with Crippen LogP contribution in [-0.4, -0.2) is 22.6 Å². The van der Waals surface area contributed by atoms with Crippen molar-refractivity contribution in [3.05, 3.63) is 59.4 Å². The highest BCUT2D eigenvalue weighted by Gasteiger charge is 2.11. The van der Waals surface area contributed by atoms with Crippen LogP contribution >= 0.6 is 11.3 Å². The molecule has 2 N–H and O–H groups in total. The summed E-state index contributed by atoms with van der Waals surface area (Å²) in [5, 5.41) is 6.08.